The summed E-state index contributed by atoms with van der Waals surface area (Å²) in [5.41, 5.74) is 0.250. The molecule has 2 aromatic rings. The molecule has 11 heteroatoms. The van der Waals surface area contributed by atoms with E-state index < -0.39 is 22.8 Å². The zero-order valence-corrected chi connectivity index (χ0v) is 16.0. The first kappa shape index (κ1) is 20.3. The maximum atomic E-state index is 12.5. The minimum absolute atomic E-state index is 0.0173. The summed E-state index contributed by atoms with van der Waals surface area (Å²) in [6.45, 7) is 3.40. The Kier molecular flexibility index (Phi) is 6.13. The topological polar surface area (TPSA) is 128 Å². The van der Waals surface area contributed by atoms with E-state index in [2.05, 4.69) is 10.1 Å². The molecular formula is C16H14ClN3O6S. The van der Waals surface area contributed by atoms with Crippen LogP contribution in [0.5, 0.6) is 0 Å². The molecule has 0 atom stereocenters. The molecule has 1 aromatic heterocycles. The molecule has 2 rings (SSSR count). The smallest absolute Gasteiger partial charge is 0.413 e. The summed E-state index contributed by atoms with van der Waals surface area (Å²) in [5, 5.41) is 15.7. The average Bonchev–Trinajstić information content (AvgIpc) is 2.88. The van der Waals surface area contributed by atoms with Crippen LogP contribution in [-0.2, 0) is 4.74 Å². The molecule has 9 nitrogen and oxygen atoms in total. The van der Waals surface area contributed by atoms with Crippen LogP contribution in [0.2, 0.25) is 5.02 Å². The third-order valence-electron chi connectivity index (χ3n) is 3.65. The number of rotatable bonds is 4. The van der Waals surface area contributed by atoms with Crippen LogP contribution in [0.25, 0.3) is 0 Å². The van der Waals surface area contributed by atoms with Gasteiger partial charge in [0.2, 0.25) is 0 Å². The van der Waals surface area contributed by atoms with E-state index in [-0.39, 0.29) is 26.8 Å². The Balaban J connectivity index is 2.38. The van der Waals surface area contributed by atoms with Crippen LogP contribution in [0.4, 0.5) is 15.5 Å². The van der Waals surface area contributed by atoms with Crippen LogP contribution in [0.15, 0.2) is 18.2 Å². The first-order valence-corrected chi connectivity index (χ1v) is 8.59. The van der Waals surface area contributed by atoms with E-state index in [1.54, 1.807) is 13.8 Å². The third-order valence-corrected chi connectivity index (χ3v) is 5.10. The summed E-state index contributed by atoms with van der Waals surface area (Å²) in [7, 11) is 1.11. The molecule has 0 saturated carbocycles. The van der Waals surface area contributed by atoms with E-state index in [4.69, 9.17) is 11.6 Å². The van der Waals surface area contributed by atoms with Gasteiger partial charge in [0.1, 0.15) is 5.00 Å². The molecule has 2 N–H and O–H groups in total. The number of hydrogen-bond acceptors (Lipinski definition) is 7. The number of thiophene rings is 1. The van der Waals surface area contributed by atoms with Crippen molar-refractivity contribution in [3.63, 3.8) is 0 Å². The van der Waals surface area contributed by atoms with Crippen molar-refractivity contribution in [1.29, 1.82) is 0 Å². The highest BCUT2D eigenvalue weighted by Gasteiger charge is 2.24. The van der Waals surface area contributed by atoms with Crippen LogP contribution in [0.1, 0.15) is 31.2 Å². The molecule has 0 aliphatic heterocycles. The highest BCUT2D eigenvalue weighted by atomic mass is 35.5. The second kappa shape index (κ2) is 8.14. The van der Waals surface area contributed by atoms with Gasteiger partial charge < -0.3 is 10.1 Å². The zero-order valence-electron chi connectivity index (χ0n) is 14.4. The monoisotopic (exact) mass is 411 g/mol. The summed E-state index contributed by atoms with van der Waals surface area (Å²) < 4.78 is 4.39. The number of carbonyl (C=O) groups excluding carboxylic acids is 3. The number of aryl methyl sites for hydroxylation is 1. The number of ether oxygens (including phenoxy) is 1. The van der Waals surface area contributed by atoms with E-state index in [0.717, 1.165) is 29.4 Å². The molecule has 3 amide bonds. The predicted molar refractivity (Wildman–Crippen MR) is 99.7 cm³/mol. The molecule has 0 saturated heterocycles. The lowest BCUT2D eigenvalue weighted by Crippen LogP contribution is -2.31. The van der Waals surface area contributed by atoms with Gasteiger partial charge in [0.25, 0.3) is 17.5 Å². The van der Waals surface area contributed by atoms with Gasteiger partial charge in [-0.1, -0.05) is 11.6 Å². The fraction of sp³-hybridized carbons (Fsp3) is 0.188. The van der Waals surface area contributed by atoms with Gasteiger partial charge in [-0.25, -0.2) is 4.79 Å². The largest absolute Gasteiger partial charge is 0.453 e. The summed E-state index contributed by atoms with van der Waals surface area (Å²) in [5.74, 6) is -1.47. The predicted octanol–water partition coefficient (Wildman–Crippen LogP) is 3.68. The number of imide groups is 1. The van der Waals surface area contributed by atoms with E-state index in [1.807, 2.05) is 5.32 Å². The Morgan fingerprint density at radius 1 is 1.22 bits per heavy atom. The Hall–Kier alpha value is -2.98. The van der Waals surface area contributed by atoms with Gasteiger partial charge in [0, 0.05) is 17.0 Å². The van der Waals surface area contributed by atoms with Crippen molar-refractivity contribution in [1.82, 2.24) is 5.32 Å². The Bertz CT molecular complexity index is 956. The molecule has 0 spiro atoms. The lowest BCUT2D eigenvalue weighted by atomic mass is 10.1. The van der Waals surface area contributed by atoms with Gasteiger partial charge in [0.15, 0.2) is 0 Å². The number of methoxy groups -OCH3 is 1. The van der Waals surface area contributed by atoms with E-state index in [0.29, 0.717) is 5.56 Å². The number of alkyl carbamates (subject to hydrolysis) is 1. The van der Waals surface area contributed by atoms with Crippen LogP contribution in [0, 0.1) is 24.0 Å². The van der Waals surface area contributed by atoms with E-state index >= 15 is 0 Å². The highest BCUT2D eigenvalue weighted by Crippen LogP contribution is 2.33. The van der Waals surface area contributed by atoms with Crippen molar-refractivity contribution in [2.45, 2.75) is 13.8 Å². The van der Waals surface area contributed by atoms with Crippen LogP contribution in [0.3, 0.4) is 0 Å². The number of nitro benzene ring substituents is 1. The Morgan fingerprint density at radius 3 is 2.48 bits per heavy atom. The van der Waals surface area contributed by atoms with Crippen molar-refractivity contribution < 1.29 is 24.0 Å². The number of benzene rings is 1. The summed E-state index contributed by atoms with van der Waals surface area (Å²) >= 11 is 7.09. The van der Waals surface area contributed by atoms with Gasteiger partial charge in [-0.3, -0.25) is 25.0 Å². The molecule has 0 bridgehead atoms. The minimum Gasteiger partial charge on any atom is -0.453 e. The first-order valence-electron chi connectivity index (χ1n) is 7.40. The fourth-order valence-electron chi connectivity index (χ4n) is 2.17. The van der Waals surface area contributed by atoms with Gasteiger partial charge in [-0.05, 0) is 25.5 Å². The number of amides is 3. The number of hydrogen-bond donors (Lipinski definition) is 2. The second-order valence-corrected chi connectivity index (χ2v) is 6.94. The maximum Gasteiger partial charge on any atom is 0.413 e. The average molecular weight is 412 g/mol. The number of nitrogens with zero attached hydrogens (tertiary/aromatic N) is 1. The number of halogens is 1. The van der Waals surface area contributed by atoms with E-state index in [1.165, 1.54) is 12.1 Å². The maximum absolute atomic E-state index is 12.5. The minimum atomic E-state index is -0.942. The van der Waals surface area contributed by atoms with Crippen molar-refractivity contribution in [2.24, 2.45) is 0 Å². The Labute approximate surface area is 162 Å². The second-order valence-electron chi connectivity index (χ2n) is 5.31. The molecule has 1 heterocycles. The fourth-order valence-corrected chi connectivity index (χ4v) is 3.42. The lowest BCUT2D eigenvalue weighted by Gasteiger charge is -2.08. The molecule has 27 heavy (non-hydrogen) atoms. The van der Waals surface area contributed by atoms with Crippen LogP contribution < -0.4 is 10.6 Å². The molecule has 0 fully saturated rings. The standard InChI is InChI=1S/C16H14ClN3O6S/c1-7-8(2)27-15(12(7)14(22)19-16(23)26-3)18-13(21)10-6-9(20(24)25)4-5-11(10)17/h4-6H,1-3H3,(H,18,21)(H,19,22,23). The number of carbonyl (C=O) groups is 3. The van der Waals surface area contributed by atoms with E-state index in [9.17, 15) is 24.5 Å². The normalized spacial score (nSPS) is 10.2. The van der Waals surface area contributed by atoms with Crippen LogP contribution in [-0.4, -0.2) is 29.9 Å². The summed E-state index contributed by atoms with van der Waals surface area (Å²) in [6.07, 6.45) is -0.942. The van der Waals surface area contributed by atoms with Gasteiger partial charge in [0.05, 0.1) is 28.2 Å². The molecular weight excluding hydrogens is 398 g/mol. The highest BCUT2D eigenvalue weighted by molar-refractivity contribution is 7.16. The number of anilines is 1. The van der Waals surface area contributed by atoms with Crippen molar-refractivity contribution in [2.75, 3.05) is 12.4 Å². The molecule has 0 aliphatic carbocycles. The Morgan fingerprint density at radius 2 is 1.89 bits per heavy atom. The summed E-state index contributed by atoms with van der Waals surface area (Å²) in [6, 6.07) is 3.46. The van der Waals surface area contributed by atoms with Gasteiger partial charge in [-0.2, -0.15) is 0 Å². The zero-order chi connectivity index (χ0) is 20.3. The molecule has 142 valence electrons. The summed E-state index contributed by atoms with van der Waals surface area (Å²) in [4.78, 5) is 47.2. The lowest BCUT2D eigenvalue weighted by molar-refractivity contribution is -0.384. The number of non-ortho nitro benzene ring substituents is 1. The number of nitrogens with one attached hydrogen (secondary N) is 2. The molecule has 0 aliphatic rings. The molecule has 0 radical (unpaired) electrons. The SMILES string of the molecule is COC(=O)NC(=O)c1c(NC(=O)c2cc([N+](=O)[O-])ccc2Cl)sc(C)c1C. The molecule has 1 aromatic carbocycles. The van der Waals surface area contributed by atoms with Gasteiger partial charge >= 0.3 is 6.09 Å². The van der Waals surface area contributed by atoms with Gasteiger partial charge in [-0.15, -0.1) is 11.3 Å². The first-order chi connectivity index (χ1) is 12.6. The van der Waals surface area contributed by atoms with Crippen molar-refractivity contribution >= 4 is 51.5 Å². The van der Waals surface area contributed by atoms with Crippen molar-refractivity contribution in [3.8, 4) is 0 Å². The number of nitro groups is 1. The van der Waals surface area contributed by atoms with Crippen LogP contribution >= 0.6 is 22.9 Å². The molecule has 0 unspecified atom stereocenters. The third kappa shape index (κ3) is 4.41. The van der Waals surface area contributed by atoms with Crippen molar-refractivity contribution in [3.05, 3.63) is 54.9 Å². The quantitative estimate of drug-likeness (QED) is 0.583.